The number of halogens is 3. The number of hydrogen-bond donors (Lipinski definition) is 2. The quantitative estimate of drug-likeness (QED) is 0.241. The first-order valence-electron chi connectivity index (χ1n) is 14.6. The Labute approximate surface area is 248 Å². The minimum Gasteiger partial charge on any atom is -0.313 e. The van der Waals surface area contributed by atoms with Crippen molar-refractivity contribution in [2.45, 2.75) is 75.7 Å². The number of Topliss-reactive ketones (excluding diaryl/α,β-unsaturated/α-hetero) is 1. The fraction of sp³-hybridized carbons (Fsp3) is 0.531. The Kier molecular flexibility index (Phi) is 11.3. The van der Waals surface area contributed by atoms with E-state index < -0.39 is 17.0 Å². The lowest BCUT2D eigenvalue weighted by molar-refractivity contribution is -0.112. The molecule has 1 aliphatic heterocycles. The summed E-state index contributed by atoms with van der Waals surface area (Å²) in [5, 5.41) is 17.4. The maximum absolute atomic E-state index is 14.4. The number of nitrogens with zero attached hydrogens (tertiary/aromatic N) is 2. The SMILES string of the molecule is N=CCC[C@](CCN1CCN(C2CCCCC2)CC1)(CC(=N)C(=O)Cc1c(F)cccc1Cl)c1cccc(Cl)c1. The van der Waals surface area contributed by atoms with Crippen LogP contribution in [0.3, 0.4) is 0 Å². The van der Waals surface area contributed by atoms with Crippen LogP contribution in [-0.4, -0.2) is 66.3 Å². The van der Waals surface area contributed by atoms with Crippen molar-refractivity contribution in [3.63, 3.8) is 0 Å². The lowest BCUT2D eigenvalue weighted by atomic mass is 9.69. The number of rotatable bonds is 13. The minimum atomic E-state index is -0.547. The van der Waals surface area contributed by atoms with Crippen molar-refractivity contribution in [1.82, 2.24) is 9.80 Å². The number of piperazine rings is 1. The summed E-state index contributed by atoms with van der Waals surface area (Å²) in [6.45, 7) is 5.01. The van der Waals surface area contributed by atoms with Crippen LogP contribution in [0.15, 0.2) is 42.5 Å². The van der Waals surface area contributed by atoms with Gasteiger partial charge in [0.25, 0.3) is 0 Å². The number of carbonyl (C=O) groups is 1. The smallest absolute Gasteiger partial charge is 0.180 e. The van der Waals surface area contributed by atoms with E-state index in [-0.39, 0.29) is 29.1 Å². The van der Waals surface area contributed by atoms with E-state index >= 15 is 0 Å². The van der Waals surface area contributed by atoms with Gasteiger partial charge in [0, 0.05) is 66.1 Å². The second-order valence-electron chi connectivity index (χ2n) is 11.4. The van der Waals surface area contributed by atoms with Gasteiger partial charge in [-0.3, -0.25) is 9.69 Å². The predicted octanol–water partition coefficient (Wildman–Crippen LogP) is 7.36. The van der Waals surface area contributed by atoms with Gasteiger partial charge in [0.15, 0.2) is 5.78 Å². The Hall–Kier alpha value is -2.12. The molecule has 40 heavy (non-hydrogen) atoms. The van der Waals surface area contributed by atoms with E-state index in [0.717, 1.165) is 50.7 Å². The normalized spacial score (nSPS) is 18.8. The average Bonchev–Trinajstić information content (AvgIpc) is 2.97. The highest BCUT2D eigenvalue weighted by atomic mass is 35.5. The summed E-state index contributed by atoms with van der Waals surface area (Å²) in [4.78, 5) is 18.4. The molecule has 4 rings (SSSR count). The van der Waals surface area contributed by atoms with Crippen LogP contribution in [0.5, 0.6) is 0 Å². The van der Waals surface area contributed by atoms with Crippen LogP contribution in [0.1, 0.15) is 68.9 Å². The molecule has 2 fully saturated rings. The highest BCUT2D eigenvalue weighted by molar-refractivity contribution is 6.40. The zero-order valence-corrected chi connectivity index (χ0v) is 24.8. The van der Waals surface area contributed by atoms with Crippen LogP contribution in [0, 0.1) is 16.6 Å². The van der Waals surface area contributed by atoms with Gasteiger partial charge in [-0.1, -0.05) is 60.7 Å². The van der Waals surface area contributed by atoms with Crippen molar-refractivity contribution in [3.05, 3.63) is 69.5 Å². The molecule has 1 aliphatic carbocycles. The third-order valence-corrected chi connectivity index (χ3v) is 9.45. The Morgan fingerprint density at radius 2 is 1.75 bits per heavy atom. The van der Waals surface area contributed by atoms with Gasteiger partial charge in [-0.05, 0) is 74.7 Å². The highest BCUT2D eigenvalue weighted by Crippen LogP contribution is 2.39. The Bertz CT molecular complexity index is 1160. The van der Waals surface area contributed by atoms with Crippen molar-refractivity contribution in [2.75, 3.05) is 32.7 Å². The van der Waals surface area contributed by atoms with Gasteiger partial charge in [-0.15, -0.1) is 0 Å². The molecule has 5 nitrogen and oxygen atoms in total. The molecule has 1 saturated heterocycles. The molecule has 216 valence electrons. The van der Waals surface area contributed by atoms with Crippen molar-refractivity contribution in [2.24, 2.45) is 0 Å². The van der Waals surface area contributed by atoms with Gasteiger partial charge < -0.3 is 15.7 Å². The summed E-state index contributed by atoms with van der Waals surface area (Å²) < 4.78 is 14.4. The summed E-state index contributed by atoms with van der Waals surface area (Å²) in [5.74, 6) is -0.972. The molecule has 2 aromatic rings. The van der Waals surface area contributed by atoms with E-state index in [1.165, 1.54) is 50.5 Å². The molecule has 2 N–H and O–H groups in total. The molecule has 0 unspecified atom stereocenters. The third-order valence-electron chi connectivity index (χ3n) is 8.86. The first kappa shape index (κ1) is 30.8. The van der Waals surface area contributed by atoms with Gasteiger partial charge in [0.1, 0.15) is 5.82 Å². The van der Waals surface area contributed by atoms with Gasteiger partial charge in [0.05, 0.1) is 5.71 Å². The second-order valence-corrected chi connectivity index (χ2v) is 12.3. The topological polar surface area (TPSA) is 71.2 Å². The highest BCUT2D eigenvalue weighted by Gasteiger charge is 2.36. The van der Waals surface area contributed by atoms with E-state index in [4.69, 9.17) is 34.0 Å². The monoisotopic (exact) mass is 586 g/mol. The number of nitrogens with one attached hydrogen (secondary N) is 2. The molecule has 2 aliphatic rings. The summed E-state index contributed by atoms with van der Waals surface area (Å²) in [6, 6.07) is 12.8. The largest absolute Gasteiger partial charge is 0.313 e. The van der Waals surface area contributed by atoms with E-state index in [0.29, 0.717) is 17.9 Å². The Morgan fingerprint density at radius 1 is 1.02 bits per heavy atom. The third kappa shape index (κ3) is 8.00. The molecule has 1 heterocycles. The van der Waals surface area contributed by atoms with Crippen LogP contribution in [0.4, 0.5) is 4.39 Å². The summed E-state index contributed by atoms with van der Waals surface area (Å²) in [7, 11) is 0. The molecule has 0 radical (unpaired) electrons. The first-order valence-corrected chi connectivity index (χ1v) is 15.3. The zero-order valence-electron chi connectivity index (χ0n) is 23.2. The molecule has 0 spiro atoms. The van der Waals surface area contributed by atoms with E-state index in [2.05, 4.69) is 9.80 Å². The summed E-state index contributed by atoms with van der Waals surface area (Å²) in [6.07, 6.45) is 9.92. The fourth-order valence-electron chi connectivity index (χ4n) is 6.44. The van der Waals surface area contributed by atoms with Crippen LogP contribution >= 0.6 is 23.2 Å². The van der Waals surface area contributed by atoms with Crippen LogP contribution in [0.25, 0.3) is 0 Å². The first-order chi connectivity index (χ1) is 19.3. The standard InChI is InChI=1S/C32H41Cl2FN4O/c33-25-8-4-7-24(21-25)32(13-6-15-36,23-30(37)31(40)22-27-28(34)11-5-12-29(27)35)14-16-38-17-19-39(20-18-38)26-9-2-1-3-10-26/h4-5,7-8,11-12,15,21,26,36-37H,1-3,6,9-10,13-14,16-20,22-23H2/t32-/m0/s1. The molecule has 8 heteroatoms. The molecule has 1 saturated carbocycles. The molecular weight excluding hydrogens is 546 g/mol. The molecule has 0 bridgehead atoms. The number of ketones is 1. The maximum atomic E-state index is 14.4. The fourth-order valence-corrected chi connectivity index (χ4v) is 6.86. The average molecular weight is 588 g/mol. The molecule has 0 aromatic heterocycles. The lowest BCUT2D eigenvalue weighted by Crippen LogP contribution is -2.51. The summed E-state index contributed by atoms with van der Waals surface area (Å²) in [5.41, 5.74) is 0.507. The van der Waals surface area contributed by atoms with Crippen LogP contribution < -0.4 is 0 Å². The number of carbonyl (C=O) groups excluding carboxylic acids is 1. The van der Waals surface area contributed by atoms with Gasteiger partial charge >= 0.3 is 0 Å². The van der Waals surface area contributed by atoms with Crippen molar-refractivity contribution >= 4 is 40.9 Å². The predicted molar refractivity (Wildman–Crippen MR) is 163 cm³/mol. The van der Waals surface area contributed by atoms with Crippen molar-refractivity contribution in [1.29, 1.82) is 10.8 Å². The lowest BCUT2D eigenvalue weighted by Gasteiger charge is -2.42. The molecular formula is C32H41Cl2FN4O. The van der Waals surface area contributed by atoms with Gasteiger partial charge in [-0.25, -0.2) is 4.39 Å². The van der Waals surface area contributed by atoms with Crippen LogP contribution in [0.2, 0.25) is 10.0 Å². The summed E-state index contributed by atoms with van der Waals surface area (Å²) >= 11 is 12.6. The Morgan fingerprint density at radius 3 is 2.42 bits per heavy atom. The van der Waals surface area contributed by atoms with Gasteiger partial charge in [0.2, 0.25) is 0 Å². The molecule has 1 atom stereocenters. The zero-order chi connectivity index (χ0) is 28.5. The van der Waals surface area contributed by atoms with Gasteiger partial charge in [-0.2, -0.15) is 0 Å². The second kappa shape index (κ2) is 14.7. The molecule has 0 amide bonds. The maximum Gasteiger partial charge on any atom is 0.180 e. The number of benzene rings is 2. The molecule has 2 aromatic carbocycles. The van der Waals surface area contributed by atoms with Crippen molar-refractivity contribution in [3.8, 4) is 0 Å². The number of hydrogen-bond acceptors (Lipinski definition) is 5. The Balaban J connectivity index is 1.50. The van der Waals surface area contributed by atoms with Crippen molar-refractivity contribution < 1.29 is 9.18 Å². The van der Waals surface area contributed by atoms with E-state index in [1.54, 1.807) is 6.07 Å². The van der Waals surface area contributed by atoms with Crippen LogP contribution in [-0.2, 0) is 16.6 Å². The minimum absolute atomic E-state index is 0.0496. The van der Waals surface area contributed by atoms with E-state index in [1.807, 2.05) is 24.3 Å². The van der Waals surface area contributed by atoms with E-state index in [9.17, 15) is 9.18 Å².